The number of benzene rings is 1. The summed E-state index contributed by atoms with van der Waals surface area (Å²) in [4.78, 5) is 17.2. The molecule has 0 aliphatic rings. The standard InChI is InChI=1S/C19H16FN5OS/c1-11(12-2-5-15(20)6-3-12)22-18(26)16-8-14(10-27-16)13-4-7-17-23-19(21)24-25(17)9-13/h2-11H,1H3,(H2,21,24)(H,22,26)/t11-/m1/s1. The molecule has 3 N–H and O–H groups in total. The first kappa shape index (κ1) is 17.2. The fourth-order valence-corrected chi connectivity index (χ4v) is 3.60. The van der Waals surface area contributed by atoms with Crippen LogP contribution >= 0.6 is 11.3 Å². The van der Waals surface area contributed by atoms with Crippen molar-refractivity contribution in [3.8, 4) is 11.1 Å². The number of thiophene rings is 1. The Bertz CT molecular complexity index is 1120. The molecule has 0 aliphatic heterocycles. The molecule has 1 amide bonds. The molecular weight excluding hydrogens is 365 g/mol. The monoisotopic (exact) mass is 381 g/mol. The summed E-state index contributed by atoms with van der Waals surface area (Å²) in [5.74, 6) is -0.257. The molecule has 0 bridgehead atoms. The highest BCUT2D eigenvalue weighted by Gasteiger charge is 2.14. The van der Waals surface area contributed by atoms with Crippen LogP contribution in [0, 0.1) is 5.82 Å². The first-order chi connectivity index (χ1) is 13.0. The van der Waals surface area contributed by atoms with Gasteiger partial charge in [-0.15, -0.1) is 16.4 Å². The summed E-state index contributed by atoms with van der Waals surface area (Å²) in [5.41, 5.74) is 8.94. The van der Waals surface area contributed by atoms with Crippen molar-refractivity contribution in [1.29, 1.82) is 0 Å². The second-order valence-electron chi connectivity index (χ2n) is 6.14. The predicted octanol–water partition coefficient (Wildman–Crippen LogP) is 3.67. The number of hydrogen-bond donors (Lipinski definition) is 2. The number of hydrogen-bond acceptors (Lipinski definition) is 5. The molecule has 0 fully saturated rings. The summed E-state index contributed by atoms with van der Waals surface area (Å²) in [5, 5.41) is 8.95. The third-order valence-electron chi connectivity index (χ3n) is 4.22. The van der Waals surface area contributed by atoms with Crippen molar-refractivity contribution in [3.05, 3.63) is 70.3 Å². The second-order valence-corrected chi connectivity index (χ2v) is 7.05. The van der Waals surface area contributed by atoms with Crippen molar-refractivity contribution in [2.45, 2.75) is 13.0 Å². The maximum atomic E-state index is 13.0. The lowest BCUT2D eigenvalue weighted by Gasteiger charge is -2.13. The molecule has 4 rings (SSSR count). The van der Waals surface area contributed by atoms with E-state index in [1.165, 1.54) is 23.5 Å². The molecule has 1 atom stereocenters. The minimum atomic E-state index is -0.300. The number of carbonyl (C=O) groups is 1. The smallest absolute Gasteiger partial charge is 0.261 e. The van der Waals surface area contributed by atoms with Gasteiger partial charge in [-0.3, -0.25) is 4.79 Å². The zero-order valence-electron chi connectivity index (χ0n) is 14.4. The second kappa shape index (κ2) is 6.81. The molecule has 0 radical (unpaired) electrons. The van der Waals surface area contributed by atoms with Crippen LogP contribution in [0.15, 0.2) is 54.0 Å². The minimum Gasteiger partial charge on any atom is -0.366 e. The molecule has 4 aromatic rings. The molecule has 6 nitrogen and oxygen atoms in total. The summed E-state index contributed by atoms with van der Waals surface area (Å²) in [6.07, 6.45) is 1.82. The molecule has 3 heterocycles. The average molecular weight is 381 g/mol. The quantitative estimate of drug-likeness (QED) is 0.565. The van der Waals surface area contributed by atoms with Gasteiger partial charge in [0, 0.05) is 11.8 Å². The van der Waals surface area contributed by atoms with E-state index in [2.05, 4.69) is 15.4 Å². The van der Waals surface area contributed by atoms with Gasteiger partial charge in [-0.2, -0.15) is 4.98 Å². The molecule has 27 heavy (non-hydrogen) atoms. The number of rotatable bonds is 4. The van der Waals surface area contributed by atoms with Crippen molar-refractivity contribution >= 4 is 28.8 Å². The largest absolute Gasteiger partial charge is 0.366 e. The zero-order valence-corrected chi connectivity index (χ0v) is 15.2. The molecule has 0 saturated heterocycles. The maximum absolute atomic E-state index is 13.0. The highest BCUT2D eigenvalue weighted by Crippen LogP contribution is 2.26. The first-order valence-corrected chi connectivity index (χ1v) is 9.15. The molecular formula is C19H16FN5OS. The van der Waals surface area contributed by atoms with E-state index in [9.17, 15) is 9.18 Å². The van der Waals surface area contributed by atoms with Crippen LogP contribution in [0.1, 0.15) is 28.2 Å². The Morgan fingerprint density at radius 3 is 2.78 bits per heavy atom. The van der Waals surface area contributed by atoms with Gasteiger partial charge in [-0.1, -0.05) is 12.1 Å². The number of fused-ring (bicyclic) bond motifs is 1. The van der Waals surface area contributed by atoms with Crippen LogP contribution in [0.2, 0.25) is 0 Å². The Labute approximate surface area is 158 Å². The normalized spacial score (nSPS) is 12.2. The average Bonchev–Trinajstić information content (AvgIpc) is 3.27. The number of nitrogens with one attached hydrogen (secondary N) is 1. The summed E-state index contributed by atoms with van der Waals surface area (Å²) in [7, 11) is 0. The van der Waals surface area contributed by atoms with E-state index in [1.54, 1.807) is 16.6 Å². The highest BCUT2D eigenvalue weighted by molar-refractivity contribution is 7.12. The SMILES string of the molecule is C[C@@H](NC(=O)c1cc(-c2ccc3nc(N)nn3c2)cs1)c1ccc(F)cc1. The maximum Gasteiger partial charge on any atom is 0.261 e. The van der Waals surface area contributed by atoms with E-state index in [0.29, 0.717) is 10.5 Å². The van der Waals surface area contributed by atoms with Crippen molar-refractivity contribution in [1.82, 2.24) is 19.9 Å². The van der Waals surface area contributed by atoms with Gasteiger partial charge in [0.25, 0.3) is 5.91 Å². The van der Waals surface area contributed by atoms with E-state index in [4.69, 9.17) is 5.73 Å². The van der Waals surface area contributed by atoms with Crippen LogP contribution in [0.3, 0.4) is 0 Å². The number of halogens is 1. The lowest BCUT2D eigenvalue weighted by molar-refractivity contribution is 0.0944. The van der Waals surface area contributed by atoms with Gasteiger partial charge in [0.1, 0.15) is 5.82 Å². The van der Waals surface area contributed by atoms with Gasteiger partial charge >= 0.3 is 0 Å². The van der Waals surface area contributed by atoms with Crippen molar-refractivity contribution in [3.63, 3.8) is 0 Å². The van der Waals surface area contributed by atoms with Crippen LogP contribution in [-0.4, -0.2) is 20.5 Å². The topological polar surface area (TPSA) is 85.3 Å². The van der Waals surface area contributed by atoms with Crippen LogP contribution in [0.5, 0.6) is 0 Å². The number of nitrogen functional groups attached to an aromatic ring is 1. The molecule has 0 saturated carbocycles. The van der Waals surface area contributed by atoms with Crippen molar-refractivity contribution in [2.75, 3.05) is 5.73 Å². The number of nitrogens with zero attached hydrogens (tertiary/aromatic N) is 3. The van der Waals surface area contributed by atoms with Crippen LogP contribution in [0.4, 0.5) is 10.3 Å². The Morgan fingerprint density at radius 1 is 1.22 bits per heavy atom. The Hall–Kier alpha value is -3.26. The van der Waals surface area contributed by atoms with Gasteiger partial charge in [0.2, 0.25) is 5.95 Å². The number of carbonyl (C=O) groups excluding carboxylic acids is 1. The Balaban J connectivity index is 1.52. The van der Waals surface area contributed by atoms with Crippen molar-refractivity contribution < 1.29 is 9.18 Å². The lowest BCUT2D eigenvalue weighted by atomic mass is 10.1. The fraction of sp³-hybridized carbons (Fsp3) is 0.105. The molecule has 8 heteroatoms. The van der Waals surface area contributed by atoms with E-state index in [0.717, 1.165) is 16.7 Å². The van der Waals surface area contributed by atoms with Crippen molar-refractivity contribution in [2.24, 2.45) is 0 Å². The van der Waals surface area contributed by atoms with E-state index >= 15 is 0 Å². The van der Waals surface area contributed by atoms with Gasteiger partial charge in [0.05, 0.1) is 10.9 Å². The van der Waals surface area contributed by atoms with Crippen LogP contribution in [0.25, 0.3) is 16.8 Å². The van der Waals surface area contributed by atoms with E-state index in [-0.39, 0.29) is 23.7 Å². The number of nitrogens with two attached hydrogens (primary N) is 1. The Kier molecular flexibility index (Phi) is 4.33. The van der Waals surface area contributed by atoms with Gasteiger partial charge in [-0.05, 0) is 53.8 Å². The number of amides is 1. The molecule has 0 aliphatic carbocycles. The highest BCUT2D eigenvalue weighted by atomic mass is 32.1. The predicted molar refractivity (Wildman–Crippen MR) is 103 cm³/mol. The summed E-state index contributed by atoms with van der Waals surface area (Å²) in [6.45, 7) is 1.86. The number of pyridine rings is 1. The number of anilines is 1. The van der Waals surface area contributed by atoms with Gasteiger partial charge < -0.3 is 11.1 Å². The van der Waals surface area contributed by atoms with E-state index in [1.807, 2.05) is 36.7 Å². The summed E-state index contributed by atoms with van der Waals surface area (Å²) >= 11 is 1.36. The molecule has 0 spiro atoms. The van der Waals surface area contributed by atoms with E-state index < -0.39 is 0 Å². The van der Waals surface area contributed by atoms with Crippen LogP contribution < -0.4 is 11.1 Å². The molecule has 0 unspecified atom stereocenters. The summed E-state index contributed by atoms with van der Waals surface area (Å²) in [6, 6.07) is 11.4. The number of aromatic nitrogens is 3. The Morgan fingerprint density at radius 2 is 2.00 bits per heavy atom. The lowest BCUT2D eigenvalue weighted by Crippen LogP contribution is -2.25. The van der Waals surface area contributed by atoms with Gasteiger partial charge in [0.15, 0.2) is 5.65 Å². The molecule has 3 aromatic heterocycles. The third kappa shape index (κ3) is 3.52. The minimum absolute atomic E-state index is 0.172. The third-order valence-corrected chi connectivity index (χ3v) is 5.15. The van der Waals surface area contributed by atoms with Crippen LogP contribution in [-0.2, 0) is 0 Å². The molecule has 1 aromatic carbocycles. The fourth-order valence-electron chi connectivity index (χ4n) is 2.78. The van der Waals surface area contributed by atoms with Gasteiger partial charge in [-0.25, -0.2) is 8.91 Å². The molecule has 136 valence electrons. The first-order valence-electron chi connectivity index (χ1n) is 8.27. The summed E-state index contributed by atoms with van der Waals surface area (Å²) < 4.78 is 14.6. The zero-order chi connectivity index (χ0) is 19.0.